The van der Waals surface area contributed by atoms with E-state index in [0.717, 1.165) is 15.3 Å². The molecule has 2 rings (SSSR count). The Hall–Kier alpha value is -1.62. The quantitative estimate of drug-likeness (QED) is 0.856. The predicted octanol–water partition coefficient (Wildman–Crippen LogP) is 2.82. The number of carbonyl (C=O) groups is 1. The van der Waals surface area contributed by atoms with Gasteiger partial charge in [0.15, 0.2) is 5.13 Å². The first-order valence-corrected chi connectivity index (χ1v) is 6.30. The number of fused-ring (bicyclic) bond motifs is 1. The van der Waals surface area contributed by atoms with Crippen LogP contribution >= 0.6 is 11.3 Å². The molecule has 0 amide bonds. The van der Waals surface area contributed by atoms with Crippen LogP contribution in [0.1, 0.15) is 13.3 Å². The maximum absolute atomic E-state index is 10.6. The maximum Gasteiger partial charge on any atom is 0.306 e. The normalized spacial score (nSPS) is 12.5. The summed E-state index contributed by atoms with van der Waals surface area (Å²) in [5.41, 5.74) is 0.978. The van der Waals surface area contributed by atoms with Crippen molar-refractivity contribution in [2.24, 2.45) is 5.92 Å². The van der Waals surface area contributed by atoms with Crippen molar-refractivity contribution in [1.82, 2.24) is 4.98 Å². The van der Waals surface area contributed by atoms with Crippen LogP contribution in [-0.4, -0.2) is 22.6 Å². The molecule has 1 heterocycles. The molecule has 1 unspecified atom stereocenters. The third kappa shape index (κ3) is 2.94. The minimum Gasteiger partial charge on any atom is -0.481 e. The summed E-state index contributed by atoms with van der Waals surface area (Å²) in [6.07, 6.45) is 0.602. The Morgan fingerprint density at radius 3 is 3.00 bits per heavy atom. The number of nitrogens with zero attached hydrogens (tertiary/aromatic N) is 1. The van der Waals surface area contributed by atoms with E-state index in [1.54, 1.807) is 18.3 Å². The summed E-state index contributed by atoms with van der Waals surface area (Å²) in [5.74, 6) is -1.08. The van der Waals surface area contributed by atoms with Gasteiger partial charge in [0.05, 0.1) is 16.1 Å². The first-order valence-electron chi connectivity index (χ1n) is 5.49. The van der Waals surface area contributed by atoms with Crippen LogP contribution in [0.15, 0.2) is 24.3 Å². The molecule has 0 aliphatic carbocycles. The number of hydrogen-bond donors (Lipinski definition) is 2. The van der Waals surface area contributed by atoms with Crippen LogP contribution in [0.4, 0.5) is 5.13 Å². The van der Waals surface area contributed by atoms with Gasteiger partial charge in [0.2, 0.25) is 0 Å². The lowest BCUT2D eigenvalue weighted by Gasteiger charge is -2.05. The minimum absolute atomic E-state index is 0.322. The molecule has 2 N–H and O–H groups in total. The molecule has 17 heavy (non-hydrogen) atoms. The molecular weight excluding hydrogens is 236 g/mol. The molecule has 5 heteroatoms. The number of para-hydroxylation sites is 1. The van der Waals surface area contributed by atoms with Gasteiger partial charge in [0.25, 0.3) is 0 Å². The van der Waals surface area contributed by atoms with Crippen LogP contribution in [0.2, 0.25) is 0 Å². The molecule has 2 aromatic rings. The monoisotopic (exact) mass is 250 g/mol. The molecule has 4 nitrogen and oxygen atoms in total. The fourth-order valence-electron chi connectivity index (χ4n) is 1.47. The van der Waals surface area contributed by atoms with Gasteiger partial charge in [0.1, 0.15) is 0 Å². The summed E-state index contributed by atoms with van der Waals surface area (Å²) >= 11 is 1.59. The number of rotatable bonds is 5. The Morgan fingerprint density at radius 2 is 2.29 bits per heavy atom. The summed E-state index contributed by atoms with van der Waals surface area (Å²) < 4.78 is 1.14. The van der Waals surface area contributed by atoms with Gasteiger partial charge in [-0.2, -0.15) is 0 Å². The SMILES string of the molecule is CC(CCNc1nc2ccccc2s1)C(=O)O. The topological polar surface area (TPSA) is 62.2 Å². The Bertz CT molecular complexity index is 491. The lowest BCUT2D eigenvalue weighted by atomic mass is 10.1. The molecule has 90 valence electrons. The number of hydrogen-bond acceptors (Lipinski definition) is 4. The highest BCUT2D eigenvalue weighted by Gasteiger charge is 2.10. The average Bonchev–Trinajstić information content (AvgIpc) is 2.71. The standard InChI is InChI=1S/C12H14N2O2S/c1-8(11(15)16)6-7-13-12-14-9-4-2-3-5-10(9)17-12/h2-5,8H,6-7H2,1H3,(H,13,14)(H,15,16). The molecule has 0 fully saturated rings. The van der Waals surface area contributed by atoms with E-state index < -0.39 is 5.97 Å². The van der Waals surface area contributed by atoms with Crippen molar-refractivity contribution in [3.63, 3.8) is 0 Å². The number of nitrogens with one attached hydrogen (secondary N) is 1. The van der Waals surface area contributed by atoms with E-state index in [9.17, 15) is 4.79 Å². The van der Waals surface area contributed by atoms with E-state index in [-0.39, 0.29) is 5.92 Å². The van der Waals surface area contributed by atoms with E-state index in [1.165, 1.54) is 0 Å². The molecule has 0 radical (unpaired) electrons. The van der Waals surface area contributed by atoms with Crippen LogP contribution in [0, 0.1) is 5.92 Å². The maximum atomic E-state index is 10.6. The zero-order valence-corrected chi connectivity index (χ0v) is 10.3. The fraction of sp³-hybridized carbons (Fsp3) is 0.333. The second-order valence-corrected chi connectivity index (χ2v) is 4.97. The average molecular weight is 250 g/mol. The van der Waals surface area contributed by atoms with Gasteiger partial charge in [-0.05, 0) is 18.6 Å². The van der Waals surface area contributed by atoms with Gasteiger partial charge in [-0.1, -0.05) is 30.4 Å². The van der Waals surface area contributed by atoms with Crippen LogP contribution in [0.25, 0.3) is 10.2 Å². The number of carboxylic acids is 1. The van der Waals surface area contributed by atoms with Crippen molar-refractivity contribution >= 4 is 32.7 Å². The van der Waals surface area contributed by atoms with E-state index in [0.29, 0.717) is 13.0 Å². The number of aliphatic carboxylic acids is 1. The molecular formula is C12H14N2O2S. The molecule has 1 aromatic carbocycles. The number of thiazole rings is 1. The molecule has 0 saturated carbocycles. The van der Waals surface area contributed by atoms with E-state index >= 15 is 0 Å². The van der Waals surface area contributed by atoms with E-state index in [2.05, 4.69) is 10.3 Å². The van der Waals surface area contributed by atoms with Gasteiger partial charge in [-0.25, -0.2) is 4.98 Å². The summed E-state index contributed by atoms with van der Waals surface area (Å²) in [5, 5.41) is 12.8. The molecule has 1 atom stereocenters. The van der Waals surface area contributed by atoms with Crippen molar-refractivity contribution in [3.8, 4) is 0 Å². The highest BCUT2D eigenvalue weighted by atomic mass is 32.1. The highest BCUT2D eigenvalue weighted by Crippen LogP contribution is 2.25. The second kappa shape index (κ2) is 5.14. The Morgan fingerprint density at radius 1 is 1.53 bits per heavy atom. The van der Waals surface area contributed by atoms with Crippen LogP contribution in [-0.2, 0) is 4.79 Å². The van der Waals surface area contributed by atoms with Gasteiger partial charge in [-0.3, -0.25) is 4.79 Å². The van der Waals surface area contributed by atoms with Crippen molar-refractivity contribution in [3.05, 3.63) is 24.3 Å². The third-order valence-electron chi connectivity index (χ3n) is 2.57. The van der Waals surface area contributed by atoms with Crippen LogP contribution < -0.4 is 5.32 Å². The predicted molar refractivity (Wildman–Crippen MR) is 69.5 cm³/mol. The smallest absolute Gasteiger partial charge is 0.306 e. The lowest BCUT2D eigenvalue weighted by molar-refractivity contribution is -0.141. The summed E-state index contributed by atoms with van der Waals surface area (Å²) in [4.78, 5) is 15.1. The molecule has 0 spiro atoms. The summed E-state index contributed by atoms with van der Waals surface area (Å²) in [6, 6.07) is 7.93. The van der Waals surface area contributed by atoms with E-state index in [4.69, 9.17) is 5.11 Å². The van der Waals surface area contributed by atoms with Gasteiger partial charge < -0.3 is 10.4 Å². The van der Waals surface area contributed by atoms with Gasteiger partial charge >= 0.3 is 5.97 Å². The lowest BCUT2D eigenvalue weighted by Crippen LogP contribution is -2.14. The molecule has 0 bridgehead atoms. The molecule has 0 aliphatic heterocycles. The Labute approximate surface area is 103 Å². The van der Waals surface area contributed by atoms with Crippen molar-refractivity contribution in [1.29, 1.82) is 0 Å². The number of anilines is 1. The fourth-order valence-corrected chi connectivity index (χ4v) is 2.36. The van der Waals surface area contributed by atoms with Crippen molar-refractivity contribution < 1.29 is 9.90 Å². The van der Waals surface area contributed by atoms with Crippen LogP contribution in [0.5, 0.6) is 0 Å². The van der Waals surface area contributed by atoms with Crippen molar-refractivity contribution in [2.45, 2.75) is 13.3 Å². The Kier molecular flexibility index (Phi) is 3.58. The highest BCUT2D eigenvalue weighted by molar-refractivity contribution is 7.22. The van der Waals surface area contributed by atoms with E-state index in [1.807, 2.05) is 24.3 Å². The number of carboxylic acid groups (broad SMARTS) is 1. The first-order chi connectivity index (χ1) is 8.16. The van der Waals surface area contributed by atoms with Gasteiger partial charge in [-0.15, -0.1) is 0 Å². The molecule has 0 aliphatic rings. The minimum atomic E-state index is -0.754. The Balaban J connectivity index is 1.93. The van der Waals surface area contributed by atoms with Crippen molar-refractivity contribution in [2.75, 3.05) is 11.9 Å². The third-order valence-corrected chi connectivity index (χ3v) is 3.56. The van der Waals surface area contributed by atoms with Gasteiger partial charge in [0, 0.05) is 6.54 Å². The zero-order chi connectivity index (χ0) is 12.3. The second-order valence-electron chi connectivity index (χ2n) is 3.94. The summed E-state index contributed by atoms with van der Waals surface area (Å²) in [6.45, 7) is 2.34. The number of benzene rings is 1. The summed E-state index contributed by atoms with van der Waals surface area (Å²) in [7, 11) is 0. The number of aromatic nitrogens is 1. The molecule has 1 aromatic heterocycles. The molecule has 0 saturated heterocycles. The first kappa shape index (κ1) is 11.9. The van der Waals surface area contributed by atoms with Crippen LogP contribution in [0.3, 0.4) is 0 Å². The largest absolute Gasteiger partial charge is 0.481 e. The zero-order valence-electron chi connectivity index (χ0n) is 9.51.